The third kappa shape index (κ3) is 3.91. The summed E-state index contributed by atoms with van der Waals surface area (Å²) in [6, 6.07) is 9.67. The molecule has 0 aromatic heterocycles. The van der Waals surface area contributed by atoms with E-state index < -0.39 is 0 Å². The van der Waals surface area contributed by atoms with Gasteiger partial charge in [-0.25, -0.2) is 0 Å². The molecule has 0 saturated carbocycles. The molecule has 1 aromatic carbocycles. The molecule has 122 valence electrons. The molecule has 2 aliphatic heterocycles. The summed E-state index contributed by atoms with van der Waals surface area (Å²) in [7, 11) is 0. The lowest BCUT2D eigenvalue weighted by Gasteiger charge is -2.43. The number of nitrogens with zero attached hydrogens (tertiary/aromatic N) is 2. The summed E-state index contributed by atoms with van der Waals surface area (Å²) in [6.07, 6.45) is 4.12. The van der Waals surface area contributed by atoms with Crippen molar-refractivity contribution in [3.8, 4) is 0 Å². The second-order valence-electron chi connectivity index (χ2n) is 7.83. The monoisotopic (exact) mass is 300 g/mol. The summed E-state index contributed by atoms with van der Waals surface area (Å²) in [4.78, 5) is 5.44. The predicted octanol–water partition coefficient (Wildman–Crippen LogP) is 3.94. The van der Waals surface area contributed by atoms with Crippen molar-refractivity contribution in [1.82, 2.24) is 9.80 Å². The molecule has 3 rings (SSSR count). The molecule has 1 aromatic rings. The molecule has 2 saturated heterocycles. The van der Waals surface area contributed by atoms with E-state index in [2.05, 4.69) is 54.8 Å². The topological polar surface area (TPSA) is 6.48 Å². The van der Waals surface area contributed by atoms with E-state index in [0.29, 0.717) is 0 Å². The standard InChI is InChI=1S/C20H32N2/c1-16-12-17(2)14-22(13-16)20-8-10-21(11-9-20)15-19-7-5-4-6-18(19)3/h4-7,16-17,20H,8-15H2,1-3H3/t16-,17-/m0/s1. The first-order valence-electron chi connectivity index (χ1n) is 9.12. The van der Waals surface area contributed by atoms with Crippen LogP contribution in [-0.2, 0) is 6.54 Å². The first-order chi connectivity index (χ1) is 10.6. The molecule has 0 unspecified atom stereocenters. The van der Waals surface area contributed by atoms with Gasteiger partial charge in [0.1, 0.15) is 0 Å². The maximum Gasteiger partial charge on any atom is 0.0236 e. The lowest BCUT2D eigenvalue weighted by molar-refractivity contribution is 0.0529. The number of benzene rings is 1. The Labute approximate surface area is 136 Å². The van der Waals surface area contributed by atoms with Gasteiger partial charge in [0.15, 0.2) is 0 Å². The first-order valence-corrected chi connectivity index (χ1v) is 9.12. The molecule has 0 aliphatic carbocycles. The van der Waals surface area contributed by atoms with Crippen LogP contribution in [0.5, 0.6) is 0 Å². The van der Waals surface area contributed by atoms with Crippen molar-refractivity contribution in [2.45, 2.75) is 52.6 Å². The van der Waals surface area contributed by atoms with E-state index in [-0.39, 0.29) is 0 Å². The van der Waals surface area contributed by atoms with Crippen LogP contribution in [0.1, 0.15) is 44.2 Å². The van der Waals surface area contributed by atoms with Gasteiger partial charge < -0.3 is 0 Å². The molecular formula is C20H32N2. The zero-order valence-corrected chi connectivity index (χ0v) is 14.6. The van der Waals surface area contributed by atoms with Crippen molar-refractivity contribution in [3.05, 3.63) is 35.4 Å². The van der Waals surface area contributed by atoms with Gasteiger partial charge in [-0.05, 0) is 62.2 Å². The van der Waals surface area contributed by atoms with E-state index in [0.717, 1.165) is 24.4 Å². The Hall–Kier alpha value is -0.860. The van der Waals surface area contributed by atoms with Gasteiger partial charge in [-0.3, -0.25) is 9.80 Å². The molecule has 2 atom stereocenters. The zero-order valence-electron chi connectivity index (χ0n) is 14.6. The van der Waals surface area contributed by atoms with Gasteiger partial charge in [-0.1, -0.05) is 38.1 Å². The van der Waals surface area contributed by atoms with E-state index in [4.69, 9.17) is 0 Å². The van der Waals surface area contributed by atoms with Gasteiger partial charge >= 0.3 is 0 Å². The molecule has 0 radical (unpaired) electrons. The van der Waals surface area contributed by atoms with Crippen LogP contribution < -0.4 is 0 Å². The highest BCUT2D eigenvalue weighted by Crippen LogP contribution is 2.27. The number of hydrogen-bond acceptors (Lipinski definition) is 2. The molecular weight excluding hydrogens is 268 g/mol. The van der Waals surface area contributed by atoms with Crippen molar-refractivity contribution in [2.24, 2.45) is 11.8 Å². The fourth-order valence-corrected chi connectivity index (χ4v) is 4.48. The van der Waals surface area contributed by atoms with Gasteiger partial charge in [0.2, 0.25) is 0 Å². The highest BCUT2D eigenvalue weighted by atomic mass is 15.2. The lowest BCUT2D eigenvalue weighted by atomic mass is 9.89. The van der Waals surface area contributed by atoms with Gasteiger partial charge in [0.05, 0.1) is 0 Å². The third-order valence-electron chi connectivity index (χ3n) is 5.63. The van der Waals surface area contributed by atoms with Gasteiger partial charge in [0.25, 0.3) is 0 Å². The lowest BCUT2D eigenvalue weighted by Crippen LogP contribution is -2.49. The van der Waals surface area contributed by atoms with E-state index in [1.165, 1.54) is 56.6 Å². The Morgan fingerprint density at radius 1 is 1.00 bits per heavy atom. The molecule has 2 aliphatic rings. The zero-order chi connectivity index (χ0) is 15.5. The fourth-order valence-electron chi connectivity index (χ4n) is 4.48. The third-order valence-corrected chi connectivity index (χ3v) is 5.63. The number of rotatable bonds is 3. The van der Waals surface area contributed by atoms with E-state index in [1.54, 1.807) is 0 Å². The van der Waals surface area contributed by atoms with Gasteiger partial charge in [-0.15, -0.1) is 0 Å². The van der Waals surface area contributed by atoms with Crippen molar-refractivity contribution in [3.63, 3.8) is 0 Å². The summed E-state index contributed by atoms with van der Waals surface area (Å²) in [5.74, 6) is 1.77. The fraction of sp³-hybridized carbons (Fsp3) is 0.700. The smallest absolute Gasteiger partial charge is 0.0236 e. The Morgan fingerprint density at radius 3 is 2.27 bits per heavy atom. The number of piperidine rings is 2. The average Bonchev–Trinajstić information content (AvgIpc) is 2.49. The Bertz CT molecular complexity index is 466. The van der Waals surface area contributed by atoms with Crippen LogP contribution in [0.3, 0.4) is 0 Å². The minimum atomic E-state index is 0.832. The summed E-state index contributed by atoms with van der Waals surface area (Å²) < 4.78 is 0. The maximum absolute atomic E-state index is 2.80. The molecule has 0 spiro atoms. The average molecular weight is 300 g/mol. The maximum atomic E-state index is 2.80. The first kappa shape index (κ1) is 16.0. The van der Waals surface area contributed by atoms with Crippen molar-refractivity contribution in [1.29, 1.82) is 0 Å². The molecule has 0 N–H and O–H groups in total. The molecule has 2 nitrogen and oxygen atoms in total. The Morgan fingerprint density at radius 2 is 1.64 bits per heavy atom. The van der Waals surface area contributed by atoms with Crippen molar-refractivity contribution >= 4 is 0 Å². The summed E-state index contributed by atoms with van der Waals surface area (Å²) >= 11 is 0. The van der Waals surface area contributed by atoms with Crippen LogP contribution in [0.4, 0.5) is 0 Å². The van der Waals surface area contributed by atoms with Crippen LogP contribution in [0.2, 0.25) is 0 Å². The largest absolute Gasteiger partial charge is 0.300 e. The SMILES string of the molecule is Cc1ccccc1CN1CCC(N2C[C@@H](C)C[C@H](C)C2)CC1. The summed E-state index contributed by atoms with van der Waals surface area (Å²) in [5, 5.41) is 0. The second-order valence-corrected chi connectivity index (χ2v) is 7.83. The number of hydrogen-bond donors (Lipinski definition) is 0. The van der Waals surface area contributed by atoms with Crippen LogP contribution in [-0.4, -0.2) is 42.0 Å². The van der Waals surface area contributed by atoms with Crippen LogP contribution in [0.25, 0.3) is 0 Å². The van der Waals surface area contributed by atoms with Gasteiger partial charge in [0, 0.05) is 25.7 Å². The Balaban J connectivity index is 1.51. The summed E-state index contributed by atoms with van der Waals surface area (Å²) in [5.41, 5.74) is 2.93. The number of aryl methyl sites for hydroxylation is 1. The molecule has 0 bridgehead atoms. The van der Waals surface area contributed by atoms with E-state index in [9.17, 15) is 0 Å². The summed E-state index contributed by atoms with van der Waals surface area (Å²) in [6.45, 7) is 13.4. The molecule has 2 fully saturated rings. The molecule has 2 heterocycles. The minimum absolute atomic E-state index is 0.832. The molecule has 0 amide bonds. The number of likely N-dealkylation sites (tertiary alicyclic amines) is 2. The van der Waals surface area contributed by atoms with Crippen molar-refractivity contribution < 1.29 is 0 Å². The van der Waals surface area contributed by atoms with Crippen LogP contribution in [0.15, 0.2) is 24.3 Å². The normalized spacial score (nSPS) is 28.9. The van der Waals surface area contributed by atoms with Crippen LogP contribution in [0, 0.1) is 18.8 Å². The predicted molar refractivity (Wildman–Crippen MR) is 94.0 cm³/mol. The minimum Gasteiger partial charge on any atom is -0.300 e. The molecule has 2 heteroatoms. The highest BCUT2D eigenvalue weighted by Gasteiger charge is 2.29. The van der Waals surface area contributed by atoms with E-state index in [1.807, 2.05) is 0 Å². The van der Waals surface area contributed by atoms with Crippen molar-refractivity contribution in [2.75, 3.05) is 26.2 Å². The highest BCUT2D eigenvalue weighted by molar-refractivity contribution is 5.25. The van der Waals surface area contributed by atoms with E-state index >= 15 is 0 Å². The second kappa shape index (κ2) is 7.14. The van der Waals surface area contributed by atoms with Crippen LogP contribution >= 0.6 is 0 Å². The van der Waals surface area contributed by atoms with Gasteiger partial charge in [-0.2, -0.15) is 0 Å². The quantitative estimate of drug-likeness (QED) is 0.834. The molecule has 22 heavy (non-hydrogen) atoms. The Kier molecular flexibility index (Phi) is 5.20.